The quantitative estimate of drug-likeness (QED) is 0.302. The number of benzene rings is 2. The Morgan fingerprint density at radius 1 is 1.19 bits per heavy atom. The Labute approximate surface area is 211 Å². The number of phenolic OH excluding ortho intramolecular Hbond substituents is 2. The molecule has 1 aliphatic carbocycles. The first-order chi connectivity index (χ1) is 17.7. The maximum Gasteiger partial charge on any atom is 0.341 e. The third-order valence-corrected chi connectivity index (χ3v) is 7.06. The minimum absolute atomic E-state index is 0.0197. The van der Waals surface area contributed by atoms with Gasteiger partial charge in [-0.3, -0.25) is 4.79 Å². The number of aromatic nitrogens is 1. The van der Waals surface area contributed by atoms with Crippen LogP contribution >= 0.6 is 0 Å². The zero-order chi connectivity index (χ0) is 26.4. The number of carboxylic acids is 1. The number of likely N-dealkylation sites (N-methyl/N-ethyl adjacent to an activating group) is 1. The summed E-state index contributed by atoms with van der Waals surface area (Å²) in [6, 6.07) is 5.53. The van der Waals surface area contributed by atoms with E-state index in [0.29, 0.717) is 37.4 Å². The largest absolute Gasteiger partial charge is 0.504 e. The van der Waals surface area contributed by atoms with Crippen LogP contribution in [0.2, 0.25) is 0 Å². The number of nitrogens with one attached hydrogen (secondary N) is 1. The lowest BCUT2D eigenvalue weighted by molar-refractivity contribution is 0.0694. The molecule has 1 saturated carbocycles. The predicted octanol–water partition coefficient (Wildman–Crippen LogP) is 2.16. The van der Waals surface area contributed by atoms with Crippen molar-refractivity contribution in [3.63, 3.8) is 0 Å². The summed E-state index contributed by atoms with van der Waals surface area (Å²) >= 11 is 0. The summed E-state index contributed by atoms with van der Waals surface area (Å²) in [6.45, 7) is 2.28. The predicted molar refractivity (Wildman–Crippen MR) is 136 cm³/mol. The molecule has 0 unspecified atom stereocenters. The number of hydrogen-bond acceptors (Lipinski definition) is 8. The van der Waals surface area contributed by atoms with E-state index in [1.807, 2.05) is 4.90 Å². The van der Waals surface area contributed by atoms with Gasteiger partial charge in [-0.15, -0.1) is 0 Å². The van der Waals surface area contributed by atoms with Gasteiger partial charge in [0.05, 0.1) is 28.4 Å². The van der Waals surface area contributed by atoms with Gasteiger partial charge in [0.1, 0.15) is 5.56 Å². The molecule has 196 valence electrons. The van der Waals surface area contributed by atoms with Crippen LogP contribution in [0.5, 0.6) is 11.5 Å². The van der Waals surface area contributed by atoms with Gasteiger partial charge in [0, 0.05) is 52.0 Å². The van der Waals surface area contributed by atoms with Crippen LogP contribution in [0.15, 0.2) is 35.3 Å². The lowest BCUT2D eigenvalue weighted by Crippen LogP contribution is -2.44. The molecular weight excluding hydrogens is 483 g/mol. The summed E-state index contributed by atoms with van der Waals surface area (Å²) in [5.74, 6) is -2.80. The van der Waals surface area contributed by atoms with Gasteiger partial charge >= 0.3 is 5.97 Å². The van der Waals surface area contributed by atoms with E-state index in [1.165, 1.54) is 36.3 Å². The van der Waals surface area contributed by atoms with Gasteiger partial charge < -0.3 is 40.1 Å². The topological polar surface area (TPSA) is 138 Å². The van der Waals surface area contributed by atoms with Crippen molar-refractivity contribution in [1.82, 2.24) is 9.88 Å². The van der Waals surface area contributed by atoms with E-state index in [2.05, 4.69) is 5.32 Å². The van der Waals surface area contributed by atoms with Crippen LogP contribution in [-0.2, 0) is 0 Å². The number of phenols is 2. The molecule has 1 atom stereocenters. The van der Waals surface area contributed by atoms with Gasteiger partial charge in [-0.2, -0.15) is 0 Å². The van der Waals surface area contributed by atoms with Crippen molar-refractivity contribution in [3.05, 3.63) is 57.6 Å². The highest BCUT2D eigenvalue weighted by Gasteiger charge is 2.31. The molecule has 0 amide bonds. The summed E-state index contributed by atoms with van der Waals surface area (Å²) in [7, 11) is 1.53. The average Bonchev–Trinajstić information content (AvgIpc) is 3.71. The minimum atomic E-state index is -1.39. The van der Waals surface area contributed by atoms with E-state index in [4.69, 9.17) is 0 Å². The Balaban J connectivity index is 1.69. The molecule has 1 aromatic heterocycles. The minimum Gasteiger partial charge on any atom is -0.504 e. The second-order valence-corrected chi connectivity index (χ2v) is 9.65. The highest BCUT2D eigenvalue weighted by Crippen LogP contribution is 2.41. The normalized spacial score (nSPS) is 16.7. The molecule has 1 aliphatic heterocycles. The number of nitrogens with zero attached hydrogens (tertiary/aromatic N) is 3. The van der Waals surface area contributed by atoms with Crippen molar-refractivity contribution in [2.75, 3.05) is 49.6 Å². The molecule has 1 saturated heterocycles. The maximum absolute atomic E-state index is 16.3. The molecule has 11 heteroatoms. The number of piperazine rings is 1. The summed E-state index contributed by atoms with van der Waals surface area (Å²) in [4.78, 5) is 28.7. The van der Waals surface area contributed by atoms with E-state index in [-0.39, 0.29) is 35.0 Å². The fourth-order valence-electron chi connectivity index (χ4n) is 4.95. The third-order valence-electron chi connectivity index (χ3n) is 7.06. The van der Waals surface area contributed by atoms with Gasteiger partial charge in [-0.1, -0.05) is 6.07 Å². The van der Waals surface area contributed by atoms with Crippen LogP contribution in [0.25, 0.3) is 10.9 Å². The molecule has 5 rings (SSSR count). The zero-order valence-corrected chi connectivity index (χ0v) is 20.3. The standard InChI is InChI=1S/C26H29FN4O6/c1-29(13-21(34)14-2-5-19(32)20(33)10-14)24-22-17(11-18(23(24)27)30-8-6-28-7-9-30)31(15-3-4-15)12-16(25(22)35)26(36)37/h2,5,10-12,15,21,28,32-34H,3-4,6-9,13H2,1H3,(H,36,37)/t21-/m0/s1. The molecule has 3 aromatic rings. The number of anilines is 2. The lowest BCUT2D eigenvalue weighted by Gasteiger charge is -2.33. The van der Waals surface area contributed by atoms with E-state index in [0.717, 1.165) is 12.8 Å². The Hall–Kier alpha value is -3.83. The van der Waals surface area contributed by atoms with Crippen LogP contribution in [0.1, 0.15) is 40.9 Å². The van der Waals surface area contributed by atoms with Crippen molar-refractivity contribution in [2.45, 2.75) is 25.0 Å². The number of halogens is 1. The Bertz CT molecular complexity index is 1430. The van der Waals surface area contributed by atoms with Crippen LogP contribution in [0.4, 0.5) is 15.8 Å². The molecule has 5 N–H and O–H groups in total. The first kappa shape index (κ1) is 24.8. The third kappa shape index (κ3) is 4.56. The highest BCUT2D eigenvalue weighted by molar-refractivity contribution is 6.00. The molecule has 2 fully saturated rings. The molecule has 0 radical (unpaired) electrons. The van der Waals surface area contributed by atoms with Gasteiger partial charge in [-0.25, -0.2) is 9.18 Å². The van der Waals surface area contributed by atoms with Gasteiger partial charge in [-0.05, 0) is 36.6 Å². The number of carbonyl (C=O) groups is 1. The van der Waals surface area contributed by atoms with Crippen LogP contribution in [0, 0.1) is 5.82 Å². The van der Waals surface area contributed by atoms with Crippen LogP contribution < -0.4 is 20.5 Å². The number of aliphatic hydroxyl groups excluding tert-OH is 1. The molecule has 2 heterocycles. The summed E-state index contributed by atoms with van der Waals surface area (Å²) in [5, 5.41) is 43.2. The zero-order valence-electron chi connectivity index (χ0n) is 20.3. The van der Waals surface area contributed by atoms with Crippen LogP contribution in [0.3, 0.4) is 0 Å². The summed E-state index contributed by atoms with van der Waals surface area (Å²) < 4.78 is 18.1. The molecule has 10 nitrogen and oxygen atoms in total. The number of pyridine rings is 1. The smallest absolute Gasteiger partial charge is 0.341 e. The molecule has 2 aliphatic rings. The number of rotatable bonds is 7. The second-order valence-electron chi connectivity index (χ2n) is 9.65. The van der Waals surface area contributed by atoms with Gasteiger partial charge in [0.25, 0.3) is 0 Å². The molecular formula is C26H29FN4O6. The number of fused-ring (bicyclic) bond motifs is 1. The molecule has 2 aromatic carbocycles. The van der Waals surface area contributed by atoms with E-state index >= 15 is 4.39 Å². The van der Waals surface area contributed by atoms with Crippen LogP contribution in [-0.4, -0.2) is 70.7 Å². The summed E-state index contributed by atoms with van der Waals surface area (Å²) in [6.07, 6.45) is 1.79. The monoisotopic (exact) mass is 512 g/mol. The number of hydrogen-bond donors (Lipinski definition) is 5. The Morgan fingerprint density at radius 3 is 2.51 bits per heavy atom. The Kier molecular flexibility index (Phi) is 6.42. The van der Waals surface area contributed by atoms with E-state index in [1.54, 1.807) is 10.6 Å². The fourth-order valence-corrected chi connectivity index (χ4v) is 4.95. The van der Waals surface area contributed by atoms with E-state index in [9.17, 15) is 30.0 Å². The van der Waals surface area contributed by atoms with Gasteiger partial charge in [0.15, 0.2) is 17.3 Å². The Morgan fingerprint density at radius 2 is 1.89 bits per heavy atom. The first-order valence-corrected chi connectivity index (χ1v) is 12.2. The van der Waals surface area contributed by atoms with Crippen molar-refractivity contribution in [3.8, 4) is 11.5 Å². The van der Waals surface area contributed by atoms with Crippen molar-refractivity contribution < 1.29 is 29.6 Å². The fraction of sp³-hybridized carbons (Fsp3) is 0.385. The number of aliphatic hydroxyl groups is 1. The van der Waals surface area contributed by atoms with Gasteiger partial charge in [0.2, 0.25) is 5.43 Å². The SMILES string of the molecule is CN(C[C@H](O)c1ccc(O)c(O)c1)c1c(F)c(N2CCNCC2)cc2c1c(=O)c(C(=O)O)cn2C1CC1. The van der Waals surface area contributed by atoms with Crippen molar-refractivity contribution in [2.24, 2.45) is 0 Å². The second kappa shape index (κ2) is 9.56. The number of carboxylic acid groups (broad SMARTS) is 1. The molecule has 37 heavy (non-hydrogen) atoms. The van der Waals surface area contributed by atoms with Crippen molar-refractivity contribution >= 4 is 28.2 Å². The molecule has 0 spiro atoms. The lowest BCUT2D eigenvalue weighted by atomic mass is 10.0. The maximum atomic E-state index is 16.3. The summed E-state index contributed by atoms with van der Waals surface area (Å²) in [5.41, 5.74) is -0.269. The number of aromatic hydroxyl groups is 2. The molecule has 0 bridgehead atoms. The first-order valence-electron chi connectivity index (χ1n) is 12.2. The number of aromatic carboxylic acids is 1. The van der Waals surface area contributed by atoms with Crippen molar-refractivity contribution in [1.29, 1.82) is 0 Å². The highest BCUT2D eigenvalue weighted by atomic mass is 19.1. The van der Waals surface area contributed by atoms with E-state index < -0.39 is 34.6 Å². The average molecular weight is 513 g/mol.